The third-order valence-electron chi connectivity index (χ3n) is 6.38. The molecule has 1 aromatic rings. The first kappa shape index (κ1) is 23.6. The Hall–Kier alpha value is -2.08. The third-order valence-corrected chi connectivity index (χ3v) is 6.38. The Morgan fingerprint density at radius 2 is 1.94 bits per heavy atom. The second kappa shape index (κ2) is 9.60. The highest BCUT2D eigenvalue weighted by Crippen LogP contribution is 2.48. The van der Waals surface area contributed by atoms with Crippen molar-refractivity contribution in [2.45, 2.75) is 84.2 Å². The summed E-state index contributed by atoms with van der Waals surface area (Å²) in [5, 5.41) is 25.2. The highest BCUT2D eigenvalue weighted by atomic mass is 16.6. The molecule has 0 fully saturated rings. The maximum atomic E-state index is 12.8. The predicted molar refractivity (Wildman–Crippen MR) is 127 cm³/mol. The molecular weight excluding hydrogens is 390 g/mol. The molecule has 0 aliphatic carbocycles. The van der Waals surface area contributed by atoms with Crippen LogP contribution in [0.3, 0.4) is 0 Å². The molecule has 0 amide bonds. The molecule has 0 aromatic heterocycles. The van der Waals surface area contributed by atoms with Crippen LogP contribution >= 0.6 is 0 Å². The van der Waals surface area contributed by atoms with Crippen molar-refractivity contribution >= 4 is 11.4 Å². The fraction of sp³-hybridized carbons (Fsp3) is 0.538. The van der Waals surface area contributed by atoms with Crippen LogP contribution in [0, 0.1) is 5.21 Å². The molecule has 4 atom stereocenters. The molecule has 2 aliphatic heterocycles. The van der Waals surface area contributed by atoms with Crippen LogP contribution in [-0.4, -0.2) is 36.1 Å². The first-order valence-corrected chi connectivity index (χ1v) is 11.2. The molecule has 0 radical (unpaired) electrons. The molecule has 0 saturated heterocycles. The minimum Gasteiger partial charge on any atom is -0.758 e. The van der Waals surface area contributed by atoms with E-state index in [9.17, 15) is 10.3 Å². The van der Waals surface area contributed by atoms with Gasteiger partial charge >= 0.3 is 0 Å². The Labute approximate surface area is 186 Å². The van der Waals surface area contributed by atoms with Gasteiger partial charge in [-0.2, -0.15) is 0 Å². The van der Waals surface area contributed by atoms with Gasteiger partial charge in [0.1, 0.15) is 17.5 Å². The van der Waals surface area contributed by atoms with Gasteiger partial charge in [-0.3, -0.25) is 0 Å². The number of fused-ring (bicyclic) bond motifs is 2. The summed E-state index contributed by atoms with van der Waals surface area (Å²) in [5.74, 6) is 0.681. The van der Waals surface area contributed by atoms with Crippen LogP contribution in [-0.2, 0) is 9.47 Å². The van der Waals surface area contributed by atoms with Crippen LogP contribution in [0.5, 0.6) is 0 Å². The Bertz CT molecular complexity index is 879. The van der Waals surface area contributed by atoms with Crippen LogP contribution in [0.2, 0.25) is 0 Å². The van der Waals surface area contributed by atoms with Gasteiger partial charge in [0.15, 0.2) is 6.10 Å². The average Bonchev–Trinajstić information content (AvgIpc) is 3.12. The number of aliphatic hydroxyl groups is 1. The zero-order chi connectivity index (χ0) is 22.8. The number of para-hydroxylation sites is 1. The van der Waals surface area contributed by atoms with Crippen molar-refractivity contribution in [1.29, 1.82) is 0 Å². The molecule has 5 heteroatoms. The molecule has 170 valence electrons. The molecule has 1 N–H and O–H groups in total. The number of benzene rings is 1. The Morgan fingerprint density at radius 3 is 2.61 bits per heavy atom. The molecule has 31 heavy (non-hydrogen) atoms. The lowest BCUT2D eigenvalue weighted by molar-refractivity contribution is -0.103. The van der Waals surface area contributed by atoms with E-state index in [-0.39, 0.29) is 0 Å². The SMILES string of the molecule is CO[C@H]1C2=C(O[C@@H]1[C@](C)(O)CC/C=C(\C)CCC=C(C)C)c1ccccc1N([O-])C2C. The van der Waals surface area contributed by atoms with E-state index in [1.54, 1.807) is 14.0 Å². The van der Waals surface area contributed by atoms with E-state index in [0.717, 1.165) is 35.5 Å². The number of anilines is 1. The van der Waals surface area contributed by atoms with Crippen molar-refractivity contribution in [3.63, 3.8) is 0 Å². The van der Waals surface area contributed by atoms with Crippen LogP contribution in [0.1, 0.15) is 65.9 Å². The fourth-order valence-corrected chi connectivity index (χ4v) is 4.54. The molecule has 0 bridgehead atoms. The Kier molecular flexibility index (Phi) is 7.30. The first-order valence-electron chi connectivity index (χ1n) is 11.2. The minimum absolute atomic E-state index is 0.409. The molecule has 3 rings (SSSR count). The summed E-state index contributed by atoms with van der Waals surface area (Å²) in [5.41, 5.74) is 3.74. The average molecular weight is 427 g/mol. The normalized spacial score (nSPS) is 25.0. The molecule has 0 spiro atoms. The molecule has 5 nitrogen and oxygen atoms in total. The second-order valence-electron chi connectivity index (χ2n) is 9.26. The third kappa shape index (κ3) is 4.89. The summed E-state index contributed by atoms with van der Waals surface area (Å²) >= 11 is 0. The predicted octanol–water partition coefficient (Wildman–Crippen LogP) is 5.74. The van der Waals surface area contributed by atoms with E-state index < -0.39 is 23.9 Å². The maximum Gasteiger partial charge on any atom is 0.157 e. The summed E-state index contributed by atoms with van der Waals surface area (Å²) in [6, 6.07) is 7.04. The van der Waals surface area contributed by atoms with Gasteiger partial charge in [0, 0.05) is 30.0 Å². The summed E-state index contributed by atoms with van der Waals surface area (Å²) < 4.78 is 12.1. The zero-order valence-electron chi connectivity index (χ0n) is 19.6. The topological polar surface area (TPSA) is 65.0 Å². The fourth-order valence-electron chi connectivity index (χ4n) is 4.54. The van der Waals surface area contributed by atoms with E-state index in [1.807, 2.05) is 31.2 Å². The number of rotatable bonds is 8. The van der Waals surface area contributed by atoms with Crippen LogP contribution < -0.4 is 5.06 Å². The highest BCUT2D eigenvalue weighted by Gasteiger charge is 2.50. The summed E-state index contributed by atoms with van der Waals surface area (Å²) in [6.45, 7) is 10.0. The van der Waals surface area contributed by atoms with E-state index in [2.05, 4.69) is 32.9 Å². The van der Waals surface area contributed by atoms with E-state index in [4.69, 9.17) is 9.47 Å². The van der Waals surface area contributed by atoms with Crippen molar-refractivity contribution in [1.82, 2.24) is 0 Å². The van der Waals surface area contributed by atoms with E-state index >= 15 is 0 Å². The zero-order valence-corrected chi connectivity index (χ0v) is 19.6. The molecule has 1 aromatic carbocycles. The number of ether oxygens (including phenoxy) is 2. The monoisotopic (exact) mass is 426 g/mol. The van der Waals surface area contributed by atoms with Crippen LogP contribution in [0.25, 0.3) is 5.76 Å². The quantitative estimate of drug-likeness (QED) is 0.537. The van der Waals surface area contributed by atoms with Crippen molar-refractivity contribution in [2.24, 2.45) is 0 Å². The molecule has 2 aliphatic rings. The number of methoxy groups -OCH3 is 1. The van der Waals surface area contributed by atoms with Crippen molar-refractivity contribution in [2.75, 3.05) is 12.2 Å². The largest absolute Gasteiger partial charge is 0.758 e. The number of hydrogen-bond acceptors (Lipinski definition) is 5. The van der Waals surface area contributed by atoms with E-state index in [1.165, 1.54) is 11.1 Å². The van der Waals surface area contributed by atoms with Gasteiger partial charge < -0.3 is 24.9 Å². The van der Waals surface area contributed by atoms with Gasteiger partial charge in [0.25, 0.3) is 0 Å². The van der Waals surface area contributed by atoms with Gasteiger partial charge in [0.05, 0.1) is 0 Å². The lowest BCUT2D eigenvalue weighted by atomic mass is 9.85. The van der Waals surface area contributed by atoms with Gasteiger partial charge in [-0.25, -0.2) is 0 Å². The second-order valence-corrected chi connectivity index (χ2v) is 9.26. The molecular formula is C26H36NO4-. The van der Waals surface area contributed by atoms with Gasteiger partial charge in [-0.1, -0.05) is 35.4 Å². The summed E-state index contributed by atoms with van der Waals surface area (Å²) in [7, 11) is 1.61. The van der Waals surface area contributed by atoms with Crippen LogP contribution in [0.15, 0.2) is 53.1 Å². The number of allylic oxidation sites excluding steroid dienone is 4. The number of hydroxylamine groups is 1. The number of nitrogens with zero attached hydrogens (tertiary/aromatic N) is 1. The molecule has 0 saturated carbocycles. The van der Waals surface area contributed by atoms with Gasteiger partial charge in [-0.05, 0) is 72.4 Å². The summed E-state index contributed by atoms with van der Waals surface area (Å²) in [6.07, 6.45) is 6.79. The van der Waals surface area contributed by atoms with Crippen molar-refractivity contribution < 1.29 is 14.6 Å². The van der Waals surface area contributed by atoms with Crippen molar-refractivity contribution in [3.8, 4) is 0 Å². The highest BCUT2D eigenvalue weighted by molar-refractivity contribution is 5.82. The maximum absolute atomic E-state index is 12.8. The van der Waals surface area contributed by atoms with E-state index in [0.29, 0.717) is 17.9 Å². The van der Waals surface area contributed by atoms with Crippen LogP contribution in [0.4, 0.5) is 5.69 Å². The Morgan fingerprint density at radius 1 is 1.23 bits per heavy atom. The molecule has 1 unspecified atom stereocenters. The summed E-state index contributed by atoms with van der Waals surface area (Å²) in [4.78, 5) is 0. The van der Waals surface area contributed by atoms with Gasteiger partial charge in [-0.15, -0.1) is 0 Å². The minimum atomic E-state index is -1.10. The standard InChI is InChI=1S/C26H36NO4/c1-17(2)11-9-12-18(3)13-10-16-26(5,28)25-24(30-6)22-19(4)27(29)21-15-8-7-14-20(21)23(22)31-25/h7-8,11,13-15,19,24-25,28H,9-10,12,16H2,1-6H3/q-1/b18-13+/t19?,24-,25-,26+/m0/s1. The molecule has 2 heterocycles. The first-order chi connectivity index (χ1) is 14.7. The van der Waals surface area contributed by atoms with Gasteiger partial charge in [0.2, 0.25) is 0 Å². The smallest absolute Gasteiger partial charge is 0.157 e. The Balaban J connectivity index is 1.74. The number of hydrogen-bond donors (Lipinski definition) is 1. The lowest BCUT2D eigenvalue weighted by Crippen LogP contribution is -2.48. The lowest BCUT2D eigenvalue weighted by Gasteiger charge is -2.43. The van der Waals surface area contributed by atoms with Crippen molar-refractivity contribution in [3.05, 3.63) is 63.9 Å².